The predicted molar refractivity (Wildman–Crippen MR) is 102 cm³/mol. The number of hydrogen-bond acceptors (Lipinski definition) is 6. The molecule has 0 bridgehead atoms. The second-order valence-corrected chi connectivity index (χ2v) is 7.02. The maximum atomic E-state index is 12.7. The largest absolute Gasteiger partial charge is 0.356 e. The van der Waals surface area contributed by atoms with E-state index in [2.05, 4.69) is 20.2 Å². The molecule has 1 N–H and O–H groups in total. The fourth-order valence-corrected chi connectivity index (χ4v) is 3.59. The third-order valence-corrected chi connectivity index (χ3v) is 5.11. The first-order valence-electron chi connectivity index (χ1n) is 9.30. The van der Waals surface area contributed by atoms with Gasteiger partial charge >= 0.3 is 0 Å². The second-order valence-electron chi connectivity index (χ2n) is 7.02. The van der Waals surface area contributed by atoms with Crippen LogP contribution in [-0.2, 0) is 9.47 Å². The molecule has 7 heteroatoms. The molecular weight excluding hydrogens is 344 g/mol. The van der Waals surface area contributed by atoms with Gasteiger partial charge in [0, 0.05) is 37.7 Å². The van der Waals surface area contributed by atoms with Crippen LogP contribution in [0.2, 0.25) is 0 Å². The smallest absolute Gasteiger partial charge is 0.274 e. The van der Waals surface area contributed by atoms with Crippen molar-refractivity contribution < 1.29 is 14.3 Å². The minimum atomic E-state index is -0.427. The van der Waals surface area contributed by atoms with Crippen LogP contribution in [0.5, 0.6) is 0 Å². The van der Waals surface area contributed by atoms with Gasteiger partial charge in [-0.3, -0.25) is 4.79 Å². The Morgan fingerprint density at radius 1 is 1.11 bits per heavy atom. The summed E-state index contributed by atoms with van der Waals surface area (Å²) in [6.45, 7) is 6.64. The van der Waals surface area contributed by atoms with Gasteiger partial charge in [0.15, 0.2) is 5.79 Å². The van der Waals surface area contributed by atoms with Crippen molar-refractivity contribution in [3.8, 4) is 0 Å². The van der Waals surface area contributed by atoms with Crippen LogP contribution in [0.25, 0.3) is 0 Å². The summed E-state index contributed by atoms with van der Waals surface area (Å²) in [4.78, 5) is 23.7. The lowest BCUT2D eigenvalue weighted by atomic mass is 10.0. The van der Waals surface area contributed by atoms with E-state index in [0.717, 1.165) is 43.0 Å². The third-order valence-electron chi connectivity index (χ3n) is 5.11. The molecule has 2 aliphatic heterocycles. The van der Waals surface area contributed by atoms with Gasteiger partial charge in [0.25, 0.3) is 5.91 Å². The van der Waals surface area contributed by atoms with Crippen LogP contribution in [0.4, 0.5) is 11.5 Å². The molecule has 4 rings (SSSR count). The normalized spacial score (nSPS) is 18.7. The Morgan fingerprint density at radius 3 is 2.52 bits per heavy atom. The number of benzene rings is 1. The molecule has 0 unspecified atom stereocenters. The van der Waals surface area contributed by atoms with Crippen molar-refractivity contribution in [2.24, 2.45) is 0 Å². The van der Waals surface area contributed by atoms with E-state index >= 15 is 0 Å². The predicted octanol–water partition coefficient (Wildman–Crippen LogP) is 2.69. The van der Waals surface area contributed by atoms with Crippen molar-refractivity contribution in [2.75, 3.05) is 36.5 Å². The highest BCUT2D eigenvalue weighted by Gasteiger charge is 2.40. The quantitative estimate of drug-likeness (QED) is 0.898. The van der Waals surface area contributed by atoms with Gasteiger partial charge in [0.05, 0.1) is 13.2 Å². The molecule has 142 valence electrons. The van der Waals surface area contributed by atoms with Crippen LogP contribution in [0.3, 0.4) is 0 Å². The number of carbonyl (C=O) groups excluding carboxylic acids is 1. The fourth-order valence-electron chi connectivity index (χ4n) is 3.59. The van der Waals surface area contributed by atoms with Crippen molar-refractivity contribution in [1.82, 2.24) is 9.97 Å². The number of hydrogen-bond donors (Lipinski definition) is 1. The van der Waals surface area contributed by atoms with E-state index in [1.165, 1.54) is 0 Å². The van der Waals surface area contributed by atoms with Gasteiger partial charge in [-0.25, -0.2) is 9.97 Å². The van der Waals surface area contributed by atoms with E-state index in [4.69, 9.17) is 9.47 Å². The molecule has 27 heavy (non-hydrogen) atoms. The molecular formula is C20H24N4O3. The third kappa shape index (κ3) is 3.79. The zero-order chi connectivity index (χ0) is 18.9. The molecule has 2 saturated heterocycles. The summed E-state index contributed by atoms with van der Waals surface area (Å²) in [6.07, 6.45) is 1.58. The first kappa shape index (κ1) is 17.9. The average molecular weight is 368 g/mol. The number of nitrogens with zero attached hydrogens (tertiary/aromatic N) is 3. The van der Waals surface area contributed by atoms with E-state index in [1.807, 2.05) is 38.1 Å². The maximum Gasteiger partial charge on any atom is 0.274 e. The van der Waals surface area contributed by atoms with Crippen LogP contribution in [0, 0.1) is 13.8 Å². The van der Waals surface area contributed by atoms with Gasteiger partial charge in [-0.2, -0.15) is 0 Å². The molecule has 7 nitrogen and oxygen atoms in total. The molecule has 0 atom stereocenters. The number of aromatic nitrogens is 2. The van der Waals surface area contributed by atoms with Crippen LogP contribution in [0.15, 0.2) is 30.3 Å². The van der Waals surface area contributed by atoms with Crippen molar-refractivity contribution in [2.45, 2.75) is 32.5 Å². The molecule has 2 fully saturated rings. The average Bonchev–Trinajstić information content (AvgIpc) is 3.11. The second kappa shape index (κ2) is 7.25. The summed E-state index contributed by atoms with van der Waals surface area (Å²) in [5, 5.41) is 2.94. The van der Waals surface area contributed by atoms with E-state index < -0.39 is 5.79 Å². The van der Waals surface area contributed by atoms with Gasteiger partial charge in [0.2, 0.25) is 0 Å². The molecule has 1 spiro atoms. The van der Waals surface area contributed by atoms with E-state index in [-0.39, 0.29) is 5.91 Å². The van der Waals surface area contributed by atoms with E-state index in [9.17, 15) is 4.79 Å². The summed E-state index contributed by atoms with van der Waals surface area (Å²) in [5.74, 6) is 0.692. The zero-order valence-electron chi connectivity index (χ0n) is 15.7. The number of carbonyl (C=O) groups is 1. The summed E-state index contributed by atoms with van der Waals surface area (Å²) >= 11 is 0. The van der Waals surface area contributed by atoms with E-state index in [1.54, 1.807) is 6.07 Å². The van der Waals surface area contributed by atoms with Crippen LogP contribution < -0.4 is 10.2 Å². The summed E-state index contributed by atoms with van der Waals surface area (Å²) < 4.78 is 11.6. The summed E-state index contributed by atoms with van der Waals surface area (Å²) in [5.41, 5.74) is 2.17. The lowest BCUT2D eigenvalue weighted by molar-refractivity contribution is -0.169. The maximum absolute atomic E-state index is 12.7. The first-order valence-corrected chi connectivity index (χ1v) is 9.30. The van der Waals surface area contributed by atoms with Crippen molar-refractivity contribution >= 4 is 17.4 Å². The Hall–Kier alpha value is -2.51. The zero-order valence-corrected chi connectivity index (χ0v) is 15.7. The number of amides is 1. The number of ether oxygens (including phenoxy) is 2. The first-order chi connectivity index (χ1) is 13.0. The topological polar surface area (TPSA) is 76.6 Å². The molecule has 3 heterocycles. The molecule has 1 aromatic carbocycles. The number of rotatable bonds is 3. The van der Waals surface area contributed by atoms with Gasteiger partial charge in [-0.1, -0.05) is 18.2 Å². The van der Waals surface area contributed by atoms with Gasteiger partial charge in [-0.15, -0.1) is 0 Å². The Morgan fingerprint density at radius 2 is 1.81 bits per heavy atom. The standard InChI is InChI=1S/C20H24N4O3/c1-14-5-3-4-6-16(14)23-19(25)17-13-18(22-15(2)21-17)24-9-7-20(8-10-24)26-11-12-27-20/h3-6,13H,7-12H2,1-2H3,(H,23,25). The Kier molecular flexibility index (Phi) is 4.80. The highest BCUT2D eigenvalue weighted by molar-refractivity contribution is 6.03. The number of para-hydroxylation sites is 1. The molecule has 2 aliphatic rings. The minimum absolute atomic E-state index is 0.230. The lowest BCUT2D eigenvalue weighted by Crippen LogP contribution is -2.45. The van der Waals surface area contributed by atoms with Crippen LogP contribution in [-0.4, -0.2) is 48.0 Å². The van der Waals surface area contributed by atoms with Gasteiger partial charge in [0.1, 0.15) is 17.3 Å². The Balaban J connectivity index is 1.50. The number of nitrogens with one attached hydrogen (secondary N) is 1. The highest BCUT2D eigenvalue weighted by atomic mass is 16.7. The van der Waals surface area contributed by atoms with Gasteiger partial charge in [-0.05, 0) is 25.5 Å². The molecule has 0 saturated carbocycles. The van der Waals surface area contributed by atoms with Crippen molar-refractivity contribution in [3.63, 3.8) is 0 Å². The Labute approximate surface area is 158 Å². The van der Waals surface area contributed by atoms with Crippen molar-refractivity contribution in [3.05, 3.63) is 47.4 Å². The van der Waals surface area contributed by atoms with E-state index in [0.29, 0.717) is 24.7 Å². The number of piperidine rings is 1. The molecule has 2 aromatic rings. The van der Waals surface area contributed by atoms with Crippen LogP contribution >= 0.6 is 0 Å². The molecule has 0 aliphatic carbocycles. The number of anilines is 2. The summed E-state index contributed by atoms with van der Waals surface area (Å²) in [6, 6.07) is 9.45. The molecule has 1 amide bonds. The Bertz CT molecular complexity index is 839. The summed E-state index contributed by atoms with van der Waals surface area (Å²) in [7, 11) is 0. The monoisotopic (exact) mass is 368 g/mol. The van der Waals surface area contributed by atoms with Gasteiger partial charge < -0.3 is 19.7 Å². The fraction of sp³-hybridized carbons (Fsp3) is 0.450. The minimum Gasteiger partial charge on any atom is -0.356 e. The van der Waals surface area contributed by atoms with Crippen LogP contribution in [0.1, 0.15) is 34.7 Å². The SMILES string of the molecule is Cc1nc(C(=O)Nc2ccccc2C)cc(N2CCC3(CC2)OCCO3)n1. The molecule has 1 aromatic heterocycles. The lowest BCUT2D eigenvalue weighted by Gasteiger charge is -2.38. The molecule has 0 radical (unpaired) electrons. The number of aryl methyl sites for hydroxylation is 2. The van der Waals surface area contributed by atoms with Crippen molar-refractivity contribution in [1.29, 1.82) is 0 Å². The highest BCUT2D eigenvalue weighted by Crippen LogP contribution is 2.32.